The first kappa shape index (κ1) is 21.8. The molecule has 1 amide bonds. The molecule has 0 aliphatic carbocycles. The van der Waals surface area contributed by atoms with E-state index in [1.54, 1.807) is 24.3 Å². The minimum absolute atomic E-state index is 0.0206. The molecule has 164 valence electrons. The molecule has 0 radical (unpaired) electrons. The van der Waals surface area contributed by atoms with Gasteiger partial charge in [0.05, 0.1) is 26.4 Å². The second-order valence-electron chi connectivity index (χ2n) is 7.06. The van der Waals surface area contributed by atoms with E-state index in [0.717, 1.165) is 29.0 Å². The van der Waals surface area contributed by atoms with E-state index in [2.05, 4.69) is 9.71 Å². The largest absolute Gasteiger partial charge is 0.317 e. The van der Waals surface area contributed by atoms with Crippen LogP contribution in [0.3, 0.4) is 0 Å². The van der Waals surface area contributed by atoms with Crippen molar-refractivity contribution in [1.29, 1.82) is 0 Å². The number of hydrogen-bond donors (Lipinski definition) is 1. The average Bonchev–Trinajstić information content (AvgIpc) is 3.03. The molecule has 32 heavy (non-hydrogen) atoms. The monoisotopic (exact) mass is 473 g/mol. The van der Waals surface area contributed by atoms with Crippen molar-refractivity contribution in [2.24, 2.45) is 12.0 Å². The number of aromatic nitrogens is 1. The Bertz CT molecular complexity index is 1520. The van der Waals surface area contributed by atoms with Crippen LogP contribution in [0.4, 0.5) is 14.5 Å². The van der Waals surface area contributed by atoms with Crippen molar-refractivity contribution in [3.63, 3.8) is 0 Å². The molecule has 0 atom stereocenters. The van der Waals surface area contributed by atoms with Gasteiger partial charge in [0.2, 0.25) is 0 Å². The number of carbonyl (C=O) groups excluding carboxylic acids is 1. The number of amides is 1. The normalized spacial score (nSPS) is 12.3. The highest BCUT2D eigenvalue weighted by molar-refractivity contribution is 7.92. The fraction of sp³-hybridized carbons (Fsp3) is 0.0909. The SMILES string of the molecule is Cc1ccc(S(=O)(=O)Nc2ccccc2C(=O)N=c2sc3cc(F)cc(F)c3n2C)cc1. The smallest absolute Gasteiger partial charge is 0.281 e. The highest BCUT2D eigenvalue weighted by atomic mass is 32.2. The fourth-order valence-corrected chi connectivity index (χ4v) is 5.27. The summed E-state index contributed by atoms with van der Waals surface area (Å²) in [6.45, 7) is 1.84. The first-order valence-corrected chi connectivity index (χ1v) is 11.7. The lowest BCUT2D eigenvalue weighted by molar-refractivity contribution is 0.0998. The minimum Gasteiger partial charge on any atom is -0.317 e. The van der Waals surface area contributed by atoms with E-state index in [1.807, 2.05) is 6.92 Å². The first-order chi connectivity index (χ1) is 15.2. The summed E-state index contributed by atoms with van der Waals surface area (Å²) in [5.74, 6) is -2.22. The number of benzene rings is 3. The molecule has 0 aliphatic rings. The van der Waals surface area contributed by atoms with Gasteiger partial charge in [-0.25, -0.2) is 17.2 Å². The minimum atomic E-state index is -3.94. The number of anilines is 1. The molecule has 4 aromatic rings. The Balaban J connectivity index is 1.74. The van der Waals surface area contributed by atoms with Gasteiger partial charge in [-0.15, -0.1) is 0 Å². The lowest BCUT2D eigenvalue weighted by Crippen LogP contribution is -2.17. The molecule has 0 unspecified atom stereocenters. The quantitative estimate of drug-likeness (QED) is 0.478. The number of sulfonamides is 1. The molecule has 0 saturated carbocycles. The molecule has 4 rings (SSSR count). The molecule has 0 saturated heterocycles. The van der Waals surface area contributed by atoms with Crippen LogP contribution >= 0.6 is 11.3 Å². The number of nitrogens with one attached hydrogen (secondary N) is 1. The summed E-state index contributed by atoms with van der Waals surface area (Å²) in [4.78, 5) is 17.1. The zero-order valence-electron chi connectivity index (χ0n) is 17.0. The van der Waals surface area contributed by atoms with Crippen molar-refractivity contribution >= 4 is 43.2 Å². The summed E-state index contributed by atoms with van der Waals surface area (Å²) in [5, 5.41) is 0. The zero-order chi connectivity index (χ0) is 23.0. The highest BCUT2D eigenvalue weighted by Gasteiger charge is 2.19. The summed E-state index contributed by atoms with van der Waals surface area (Å²) in [7, 11) is -2.42. The second kappa shape index (κ2) is 8.29. The molecule has 3 aromatic carbocycles. The van der Waals surface area contributed by atoms with E-state index >= 15 is 0 Å². The van der Waals surface area contributed by atoms with Crippen LogP contribution in [0.5, 0.6) is 0 Å². The van der Waals surface area contributed by atoms with Crippen LogP contribution in [0.2, 0.25) is 0 Å². The van der Waals surface area contributed by atoms with Crippen molar-refractivity contribution in [1.82, 2.24) is 4.57 Å². The van der Waals surface area contributed by atoms with Gasteiger partial charge >= 0.3 is 0 Å². The molecule has 1 aromatic heterocycles. The van der Waals surface area contributed by atoms with Gasteiger partial charge in [-0.2, -0.15) is 4.99 Å². The maximum Gasteiger partial charge on any atom is 0.281 e. The number of halogens is 2. The van der Waals surface area contributed by atoms with Crippen molar-refractivity contribution in [3.8, 4) is 0 Å². The Morgan fingerprint density at radius 1 is 1.06 bits per heavy atom. The van der Waals surface area contributed by atoms with E-state index < -0.39 is 27.6 Å². The van der Waals surface area contributed by atoms with Gasteiger partial charge in [-0.3, -0.25) is 9.52 Å². The molecule has 1 heterocycles. The maximum atomic E-state index is 14.2. The van der Waals surface area contributed by atoms with Gasteiger partial charge in [-0.1, -0.05) is 41.2 Å². The molecule has 1 N–H and O–H groups in total. The topological polar surface area (TPSA) is 80.5 Å². The third-order valence-corrected chi connectivity index (χ3v) is 7.21. The Morgan fingerprint density at radius 3 is 2.47 bits per heavy atom. The van der Waals surface area contributed by atoms with E-state index in [9.17, 15) is 22.0 Å². The predicted octanol–water partition coefficient (Wildman–Crippen LogP) is 4.37. The number of nitrogens with zero attached hydrogens (tertiary/aromatic N) is 2. The number of hydrogen-bond acceptors (Lipinski definition) is 4. The van der Waals surface area contributed by atoms with Crippen molar-refractivity contribution in [3.05, 3.63) is 88.2 Å². The van der Waals surface area contributed by atoms with Crippen LogP contribution in [0.25, 0.3) is 10.2 Å². The van der Waals surface area contributed by atoms with Gasteiger partial charge < -0.3 is 4.57 Å². The standard InChI is InChI=1S/C22H17F2N3O3S2/c1-13-7-9-15(10-8-13)32(29,30)26-18-6-4-3-5-16(18)21(28)25-22-27(2)20-17(24)11-14(23)12-19(20)31-22/h3-12,26H,1-2H3. The van der Waals surface area contributed by atoms with Crippen LogP contribution in [-0.4, -0.2) is 18.9 Å². The number of carbonyl (C=O) groups is 1. The zero-order valence-corrected chi connectivity index (χ0v) is 18.6. The van der Waals surface area contributed by atoms with Crippen LogP contribution in [0.1, 0.15) is 15.9 Å². The summed E-state index contributed by atoms with van der Waals surface area (Å²) in [6.07, 6.45) is 0. The third-order valence-electron chi connectivity index (χ3n) is 4.75. The molecule has 0 aliphatic heterocycles. The Morgan fingerprint density at radius 2 is 1.75 bits per heavy atom. The average molecular weight is 474 g/mol. The first-order valence-electron chi connectivity index (χ1n) is 9.38. The van der Waals surface area contributed by atoms with Crippen LogP contribution in [0.15, 0.2) is 70.6 Å². The second-order valence-corrected chi connectivity index (χ2v) is 9.75. The Labute approximate surface area is 186 Å². The molecular weight excluding hydrogens is 456 g/mol. The highest BCUT2D eigenvalue weighted by Crippen LogP contribution is 2.23. The number of aryl methyl sites for hydroxylation is 2. The van der Waals surface area contributed by atoms with Crippen molar-refractivity contribution in [2.45, 2.75) is 11.8 Å². The van der Waals surface area contributed by atoms with Crippen molar-refractivity contribution in [2.75, 3.05) is 4.72 Å². The van der Waals surface area contributed by atoms with Gasteiger partial charge in [0.15, 0.2) is 10.6 Å². The molecule has 0 fully saturated rings. The van der Waals surface area contributed by atoms with Crippen LogP contribution in [-0.2, 0) is 17.1 Å². The Kier molecular flexibility index (Phi) is 5.66. The summed E-state index contributed by atoms with van der Waals surface area (Å²) in [6, 6.07) is 14.3. The van der Waals surface area contributed by atoms with Gasteiger partial charge in [0.1, 0.15) is 5.82 Å². The van der Waals surface area contributed by atoms with Crippen LogP contribution < -0.4 is 9.52 Å². The third kappa shape index (κ3) is 4.19. The molecular formula is C22H17F2N3O3S2. The molecule has 0 bridgehead atoms. The Hall–Kier alpha value is -3.37. The predicted molar refractivity (Wildman–Crippen MR) is 119 cm³/mol. The number of rotatable bonds is 4. The van der Waals surface area contributed by atoms with Gasteiger partial charge in [0.25, 0.3) is 15.9 Å². The van der Waals surface area contributed by atoms with Gasteiger partial charge in [-0.05, 0) is 37.3 Å². The number of fused-ring (bicyclic) bond motifs is 1. The molecule has 6 nitrogen and oxygen atoms in total. The summed E-state index contributed by atoms with van der Waals surface area (Å²) in [5.41, 5.74) is 1.11. The van der Waals surface area contributed by atoms with E-state index in [-0.39, 0.29) is 26.5 Å². The summed E-state index contributed by atoms with van der Waals surface area (Å²) < 4.78 is 57.3. The summed E-state index contributed by atoms with van der Waals surface area (Å²) >= 11 is 0.949. The van der Waals surface area contributed by atoms with Crippen molar-refractivity contribution < 1.29 is 22.0 Å². The fourth-order valence-electron chi connectivity index (χ4n) is 3.13. The van der Waals surface area contributed by atoms with E-state index in [0.29, 0.717) is 4.70 Å². The molecule has 0 spiro atoms. The number of thiazole rings is 1. The lowest BCUT2D eigenvalue weighted by atomic mass is 10.2. The molecule has 10 heteroatoms. The maximum absolute atomic E-state index is 14.2. The van der Waals surface area contributed by atoms with Crippen LogP contribution in [0, 0.1) is 18.6 Å². The van der Waals surface area contributed by atoms with E-state index in [1.165, 1.54) is 35.9 Å². The lowest BCUT2D eigenvalue weighted by Gasteiger charge is -2.11. The number of para-hydroxylation sites is 1. The van der Waals surface area contributed by atoms with E-state index in [4.69, 9.17) is 0 Å². The van der Waals surface area contributed by atoms with Gasteiger partial charge in [0, 0.05) is 13.1 Å².